The molecule has 0 spiro atoms. The van der Waals surface area contributed by atoms with Crippen molar-refractivity contribution in [3.63, 3.8) is 0 Å². The normalized spacial score (nSPS) is 11.5. The third kappa shape index (κ3) is 3.83. The molecule has 0 saturated carbocycles. The molecule has 0 unspecified atom stereocenters. The Morgan fingerprint density at radius 1 is 1.33 bits per heavy atom. The standard InChI is InChI=1S/C14H20N4O2S/c1-3-7-18-11-16-9-13(18)10-17-12-5-4-6-14(8-12)21(19,20)15-2/h4-6,8-9,11,15,17H,3,7,10H2,1-2H3. The van der Waals surface area contributed by atoms with Gasteiger partial charge in [-0.1, -0.05) is 13.0 Å². The molecule has 0 aliphatic carbocycles. The molecule has 21 heavy (non-hydrogen) atoms. The average Bonchev–Trinajstić information content (AvgIpc) is 2.93. The smallest absolute Gasteiger partial charge is 0.240 e. The molecule has 0 bridgehead atoms. The van der Waals surface area contributed by atoms with Gasteiger partial charge in [0.15, 0.2) is 0 Å². The van der Waals surface area contributed by atoms with Gasteiger partial charge in [0.05, 0.1) is 23.5 Å². The summed E-state index contributed by atoms with van der Waals surface area (Å²) in [6.45, 7) is 3.64. The molecule has 2 N–H and O–H groups in total. The van der Waals surface area contributed by atoms with Crippen LogP contribution in [0.1, 0.15) is 19.0 Å². The van der Waals surface area contributed by atoms with E-state index < -0.39 is 10.0 Å². The van der Waals surface area contributed by atoms with E-state index in [1.165, 1.54) is 7.05 Å². The quantitative estimate of drug-likeness (QED) is 0.818. The second kappa shape index (κ2) is 6.73. The van der Waals surface area contributed by atoms with Crippen LogP contribution in [-0.4, -0.2) is 25.0 Å². The molecule has 7 heteroatoms. The zero-order valence-electron chi connectivity index (χ0n) is 12.2. The van der Waals surface area contributed by atoms with Gasteiger partial charge in [-0.2, -0.15) is 0 Å². The SMILES string of the molecule is CCCn1cncc1CNc1cccc(S(=O)(=O)NC)c1. The van der Waals surface area contributed by atoms with Crippen molar-refractivity contribution in [2.45, 2.75) is 31.3 Å². The van der Waals surface area contributed by atoms with Crippen LogP contribution in [0, 0.1) is 0 Å². The monoisotopic (exact) mass is 308 g/mol. The summed E-state index contributed by atoms with van der Waals surface area (Å²) < 4.78 is 27.9. The molecule has 0 fully saturated rings. The van der Waals surface area contributed by atoms with Crippen molar-refractivity contribution < 1.29 is 8.42 Å². The van der Waals surface area contributed by atoms with E-state index in [9.17, 15) is 8.42 Å². The molecule has 0 saturated heterocycles. The highest BCUT2D eigenvalue weighted by Crippen LogP contribution is 2.16. The van der Waals surface area contributed by atoms with Crippen LogP contribution in [0.5, 0.6) is 0 Å². The first kappa shape index (κ1) is 15.5. The minimum absolute atomic E-state index is 0.247. The number of benzene rings is 1. The first-order valence-corrected chi connectivity index (χ1v) is 8.31. The van der Waals surface area contributed by atoms with Crippen molar-refractivity contribution in [1.82, 2.24) is 14.3 Å². The Morgan fingerprint density at radius 2 is 2.14 bits per heavy atom. The number of aromatic nitrogens is 2. The van der Waals surface area contributed by atoms with Crippen molar-refractivity contribution in [3.05, 3.63) is 42.5 Å². The maximum absolute atomic E-state index is 11.8. The summed E-state index contributed by atoms with van der Waals surface area (Å²) in [5.41, 5.74) is 1.83. The van der Waals surface area contributed by atoms with Crippen molar-refractivity contribution >= 4 is 15.7 Å². The van der Waals surface area contributed by atoms with Gasteiger partial charge in [-0.05, 0) is 31.7 Å². The molecule has 1 aromatic carbocycles. The van der Waals surface area contributed by atoms with Gasteiger partial charge in [0.2, 0.25) is 10.0 Å². The lowest BCUT2D eigenvalue weighted by Crippen LogP contribution is -2.18. The molecule has 0 atom stereocenters. The fraction of sp³-hybridized carbons (Fsp3) is 0.357. The summed E-state index contributed by atoms with van der Waals surface area (Å²) in [4.78, 5) is 4.39. The van der Waals surface area contributed by atoms with Crippen LogP contribution in [0.3, 0.4) is 0 Å². The van der Waals surface area contributed by atoms with Crippen LogP contribution < -0.4 is 10.0 Å². The van der Waals surface area contributed by atoms with Crippen LogP contribution in [0.15, 0.2) is 41.7 Å². The van der Waals surface area contributed by atoms with Gasteiger partial charge in [-0.3, -0.25) is 0 Å². The molecule has 6 nitrogen and oxygen atoms in total. The lowest BCUT2D eigenvalue weighted by molar-refractivity contribution is 0.588. The second-order valence-corrected chi connectivity index (χ2v) is 6.55. The van der Waals surface area contributed by atoms with Gasteiger partial charge >= 0.3 is 0 Å². The summed E-state index contributed by atoms with van der Waals surface area (Å²) in [7, 11) is -2.02. The number of sulfonamides is 1. The van der Waals surface area contributed by atoms with Crippen molar-refractivity contribution in [2.24, 2.45) is 0 Å². The molecule has 1 heterocycles. The molecule has 0 amide bonds. The maximum atomic E-state index is 11.8. The van der Waals surface area contributed by atoms with E-state index in [0.717, 1.165) is 24.3 Å². The maximum Gasteiger partial charge on any atom is 0.240 e. The van der Waals surface area contributed by atoms with E-state index in [-0.39, 0.29) is 4.90 Å². The Bertz CT molecular complexity index is 695. The summed E-state index contributed by atoms with van der Waals surface area (Å²) in [5.74, 6) is 0. The third-order valence-corrected chi connectivity index (χ3v) is 4.56. The number of aryl methyl sites for hydroxylation is 1. The Kier molecular flexibility index (Phi) is 4.98. The highest BCUT2D eigenvalue weighted by Gasteiger charge is 2.11. The van der Waals surface area contributed by atoms with E-state index in [4.69, 9.17) is 0 Å². The van der Waals surface area contributed by atoms with Crippen molar-refractivity contribution in [3.8, 4) is 0 Å². The van der Waals surface area contributed by atoms with Gasteiger partial charge < -0.3 is 9.88 Å². The molecule has 2 rings (SSSR count). The predicted molar refractivity (Wildman–Crippen MR) is 82.5 cm³/mol. The molecular weight excluding hydrogens is 288 g/mol. The Hall–Kier alpha value is -1.86. The van der Waals surface area contributed by atoms with Gasteiger partial charge in [0.1, 0.15) is 0 Å². The number of nitrogens with zero attached hydrogens (tertiary/aromatic N) is 2. The van der Waals surface area contributed by atoms with E-state index in [2.05, 4.69) is 26.5 Å². The van der Waals surface area contributed by atoms with Crippen LogP contribution in [0.4, 0.5) is 5.69 Å². The number of hydrogen-bond acceptors (Lipinski definition) is 4. The highest BCUT2D eigenvalue weighted by molar-refractivity contribution is 7.89. The Morgan fingerprint density at radius 3 is 2.86 bits per heavy atom. The van der Waals surface area contributed by atoms with Crippen LogP contribution >= 0.6 is 0 Å². The lowest BCUT2D eigenvalue weighted by atomic mass is 10.3. The summed E-state index contributed by atoms with van der Waals surface area (Å²) >= 11 is 0. The first-order valence-electron chi connectivity index (χ1n) is 6.83. The van der Waals surface area contributed by atoms with Gasteiger partial charge in [0, 0.05) is 18.4 Å². The van der Waals surface area contributed by atoms with Gasteiger partial charge in [-0.15, -0.1) is 0 Å². The van der Waals surface area contributed by atoms with Gasteiger partial charge in [0.25, 0.3) is 0 Å². The fourth-order valence-corrected chi connectivity index (χ4v) is 2.80. The van der Waals surface area contributed by atoms with E-state index in [0.29, 0.717) is 6.54 Å². The van der Waals surface area contributed by atoms with Crippen LogP contribution in [0.25, 0.3) is 0 Å². The molecule has 114 valence electrons. The second-order valence-electron chi connectivity index (χ2n) is 4.67. The fourth-order valence-electron chi connectivity index (χ4n) is 2.02. The van der Waals surface area contributed by atoms with Crippen molar-refractivity contribution in [1.29, 1.82) is 0 Å². The number of nitrogens with one attached hydrogen (secondary N) is 2. The van der Waals surface area contributed by atoms with E-state index in [1.807, 2.05) is 18.6 Å². The molecule has 2 aromatic rings. The Balaban J connectivity index is 2.10. The highest BCUT2D eigenvalue weighted by atomic mass is 32.2. The van der Waals surface area contributed by atoms with Crippen molar-refractivity contribution in [2.75, 3.05) is 12.4 Å². The lowest BCUT2D eigenvalue weighted by Gasteiger charge is -2.10. The number of hydrogen-bond donors (Lipinski definition) is 2. The van der Waals surface area contributed by atoms with Gasteiger partial charge in [-0.25, -0.2) is 18.1 Å². The van der Waals surface area contributed by atoms with Crippen LogP contribution in [0.2, 0.25) is 0 Å². The third-order valence-electron chi connectivity index (χ3n) is 3.15. The number of rotatable bonds is 7. The van der Waals surface area contributed by atoms with Crippen LogP contribution in [-0.2, 0) is 23.1 Å². The molecule has 0 radical (unpaired) electrons. The topological polar surface area (TPSA) is 76.0 Å². The summed E-state index contributed by atoms with van der Waals surface area (Å²) in [6.07, 6.45) is 4.67. The molecule has 1 aromatic heterocycles. The first-order chi connectivity index (χ1) is 10.1. The molecule has 0 aliphatic heterocycles. The zero-order chi connectivity index (χ0) is 15.3. The Labute approximate surface area is 125 Å². The summed E-state index contributed by atoms with van der Waals surface area (Å²) in [5, 5.41) is 3.23. The minimum Gasteiger partial charge on any atom is -0.379 e. The summed E-state index contributed by atoms with van der Waals surface area (Å²) in [6, 6.07) is 6.75. The number of imidazole rings is 1. The number of anilines is 1. The largest absolute Gasteiger partial charge is 0.379 e. The molecule has 0 aliphatic rings. The predicted octanol–water partition coefficient (Wildman–Crippen LogP) is 1.81. The van der Waals surface area contributed by atoms with E-state index >= 15 is 0 Å². The zero-order valence-corrected chi connectivity index (χ0v) is 13.0. The van der Waals surface area contributed by atoms with E-state index in [1.54, 1.807) is 18.2 Å². The minimum atomic E-state index is -3.42. The average molecular weight is 308 g/mol. The molecular formula is C14H20N4O2S.